The normalized spacial score (nSPS) is 10.3. The van der Waals surface area contributed by atoms with Crippen LogP contribution in [0.1, 0.15) is 25.8 Å². The third kappa shape index (κ3) is 2.86. The predicted molar refractivity (Wildman–Crippen MR) is 75.6 cm³/mol. The average Bonchev–Trinajstić information content (AvgIpc) is 2.45. The highest BCUT2D eigenvalue weighted by molar-refractivity contribution is 5.71. The first-order valence-electron chi connectivity index (χ1n) is 6.49. The highest BCUT2D eigenvalue weighted by atomic mass is 15.0. The number of hydrogen-bond acceptors (Lipinski definition) is 3. The van der Waals surface area contributed by atoms with Crippen molar-refractivity contribution in [3.8, 4) is 11.3 Å². The standard InChI is InChI=1S/C15H19N3/c1-3-9-17-15-14(16-10-11-18-15)13-7-5-12(4-2)6-8-13/h5-8,10-11H,3-4,9H2,1-2H3,(H,17,18). The fourth-order valence-corrected chi connectivity index (χ4v) is 1.82. The number of nitrogens with one attached hydrogen (secondary N) is 1. The third-order valence-corrected chi connectivity index (χ3v) is 2.88. The summed E-state index contributed by atoms with van der Waals surface area (Å²) in [5.74, 6) is 0.864. The van der Waals surface area contributed by atoms with Crippen molar-refractivity contribution in [2.24, 2.45) is 0 Å². The van der Waals surface area contributed by atoms with Gasteiger partial charge < -0.3 is 5.32 Å². The van der Waals surface area contributed by atoms with Gasteiger partial charge in [-0.2, -0.15) is 0 Å². The quantitative estimate of drug-likeness (QED) is 0.870. The minimum absolute atomic E-state index is 0.864. The monoisotopic (exact) mass is 241 g/mol. The van der Waals surface area contributed by atoms with Crippen molar-refractivity contribution in [1.29, 1.82) is 0 Å². The second-order valence-electron chi connectivity index (χ2n) is 4.23. The molecule has 0 fully saturated rings. The maximum atomic E-state index is 4.43. The van der Waals surface area contributed by atoms with Crippen LogP contribution >= 0.6 is 0 Å². The molecule has 0 spiro atoms. The lowest BCUT2D eigenvalue weighted by atomic mass is 10.1. The van der Waals surface area contributed by atoms with Gasteiger partial charge in [-0.1, -0.05) is 38.1 Å². The topological polar surface area (TPSA) is 37.8 Å². The molecule has 0 aliphatic carbocycles. The number of rotatable bonds is 5. The zero-order chi connectivity index (χ0) is 12.8. The summed E-state index contributed by atoms with van der Waals surface area (Å²) in [7, 11) is 0. The van der Waals surface area contributed by atoms with Gasteiger partial charge in [-0.15, -0.1) is 0 Å². The lowest BCUT2D eigenvalue weighted by Gasteiger charge is -2.09. The van der Waals surface area contributed by atoms with Crippen LogP contribution in [0.25, 0.3) is 11.3 Å². The van der Waals surface area contributed by atoms with Crippen LogP contribution < -0.4 is 5.32 Å². The Kier molecular flexibility index (Phi) is 4.29. The van der Waals surface area contributed by atoms with Crippen LogP contribution in [0.5, 0.6) is 0 Å². The van der Waals surface area contributed by atoms with Crippen molar-refractivity contribution in [2.75, 3.05) is 11.9 Å². The molecule has 2 aromatic rings. The summed E-state index contributed by atoms with van der Waals surface area (Å²) in [6.45, 7) is 5.21. The third-order valence-electron chi connectivity index (χ3n) is 2.88. The van der Waals surface area contributed by atoms with Gasteiger partial charge in [-0.05, 0) is 18.4 Å². The Morgan fingerprint density at radius 2 is 1.72 bits per heavy atom. The van der Waals surface area contributed by atoms with E-state index in [1.54, 1.807) is 12.4 Å². The van der Waals surface area contributed by atoms with Gasteiger partial charge in [0, 0.05) is 24.5 Å². The van der Waals surface area contributed by atoms with Gasteiger partial charge in [0.25, 0.3) is 0 Å². The van der Waals surface area contributed by atoms with Crippen LogP contribution in [-0.2, 0) is 6.42 Å². The Labute approximate surface area is 108 Å². The van der Waals surface area contributed by atoms with Crippen LogP contribution in [0.15, 0.2) is 36.7 Å². The summed E-state index contributed by atoms with van der Waals surface area (Å²) < 4.78 is 0. The van der Waals surface area contributed by atoms with Gasteiger partial charge in [0.2, 0.25) is 0 Å². The van der Waals surface area contributed by atoms with E-state index in [0.717, 1.165) is 36.5 Å². The number of nitrogens with zero attached hydrogens (tertiary/aromatic N) is 2. The summed E-state index contributed by atoms with van der Waals surface area (Å²) in [5.41, 5.74) is 3.37. The molecule has 18 heavy (non-hydrogen) atoms. The Bertz CT molecular complexity index is 491. The number of aryl methyl sites for hydroxylation is 1. The highest BCUT2D eigenvalue weighted by Gasteiger charge is 2.06. The number of benzene rings is 1. The summed E-state index contributed by atoms with van der Waals surface area (Å²) in [4.78, 5) is 8.79. The van der Waals surface area contributed by atoms with E-state index in [4.69, 9.17) is 0 Å². The number of aromatic nitrogens is 2. The molecule has 1 heterocycles. The largest absolute Gasteiger partial charge is 0.368 e. The van der Waals surface area contributed by atoms with Crippen LogP contribution in [0.3, 0.4) is 0 Å². The van der Waals surface area contributed by atoms with E-state index in [2.05, 4.69) is 53.4 Å². The fourth-order valence-electron chi connectivity index (χ4n) is 1.82. The van der Waals surface area contributed by atoms with Crippen LogP contribution in [-0.4, -0.2) is 16.5 Å². The molecular formula is C15H19N3. The second kappa shape index (κ2) is 6.15. The molecule has 0 aliphatic rings. The van der Waals surface area contributed by atoms with Gasteiger partial charge in [0.05, 0.1) is 0 Å². The van der Waals surface area contributed by atoms with E-state index in [-0.39, 0.29) is 0 Å². The van der Waals surface area contributed by atoms with Gasteiger partial charge in [-0.3, -0.25) is 4.98 Å². The molecule has 0 atom stereocenters. The zero-order valence-electron chi connectivity index (χ0n) is 11.0. The lowest BCUT2D eigenvalue weighted by Crippen LogP contribution is -2.04. The van der Waals surface area contributed by atoms with Gasteiger partial charge in [0.1, 0.15) is 5.69 Å². The predicted octanol–water partition coefficient (Wildman–Crippen LogP) is 3.53. The van der Waals surface area contributed by atoms with Crippen molar-refractivity contribution in [3.05, 3.63) is 42.2 Å². The van der Waals surface area contributed by atoms with Crippen LogP contribution in [0.2, 0.25) is 0 Å². The summed E-state index contributed by atoms with van der Waals surface area (Å²) in [6, 6.07) is 8.52. The van der Waals surface area contributed by atoms with Crippen molar-refractivity contribution < 1.29 is 0 Å². The molecular weight excluding hydrogens is 222 g/mol. The molecule has 3 nitrogen and oxygen atoms in total. The van der Waals surface area contributed by atoms with Crippen LogP contribution in [0, 0.1) is 0 Å². The highest BCUT2D eigenvalue weighted by Crippen LogP contribution is 2.23. The Hall–Kier alpha value is -1.90. The molecule has 3 heteroatoms. The van der Waals surface area contributed by atoms with E-state index in [0.29, 0.717) is 0 Å². The smallest absolute Gasteiger partial charge is 0.152 e. The van der Waals surface area contributed by atoms with E-state index in [9.17, 15) is 0 Å². The molecule has 0 amide bonds. The van der Waals surface area contributed by atoms with Crippen molar-refractivity contribution in [3.63, 3.8) is 0 Å². The first kappa shape index (κ1) is 12.6. The molecule has 0 radical (unpaired) electrons. The molecule has 0 unspecified atom stereocenters. The fraction of sp³-hybridized carbons (Fsp3) is 0.333. The van der Waals surface area contributed by atoms with E-state index >= 15 is 0 Å². The Morgan fingerprint density at radius 1 is 1.00 bits per heavy atom. The zero-order valence-corrected chi connectivity index (χ0v) is 11.0. The summed E-state index contributed by atoms with van der Waals surface area (Å²) in [5, 5.41) is 3.32. The molecule has 94 valence electrons. The molecule has 0 saturated heterocycles. The van der Waals surface area contributed by atoms with Crippen molar-refractivity contribution in [1.82, 2.24) is 9.97 Å². The average molecular weight is 241 g/mol. The van der Waals surface area contributed by atoms with E-state index in [1.807, 2.05) is 0 Å². The second-order valence-corrected chi connectivity index (χ2v) is 4.23. The molecule has 1 aromatic carbocycles. The minimum atomic E-state index is 0.864. The Balaban J connectivity index is 2.30. The molecule has 1 aromatic heterocycles. The van der Waals surface area contributed by atoms with Crippen molar-refractivity contribution >= 4 is 5.82 Å². The molecule has 0 aliphatic heterocycles. The number of anilines is 1. The number of hydrogen-bond donors (Lipinski definition) is 1. The van der Waals surface area contributed by atoms with Gasteiger partial charge >= 0.3 is 0 Å². The van der Waals surface area contributed by atoms with E-state index < -0.39 is 0 Å². The maximum absolute atomic E-state index is 4.43. The van der Waals surface area contributed by atoms with Crippen LogP contribution in [0.4, 0.5) is 5.82 Å². The lowest BCUT2D eigenvalue weighted by molar-refractivity contribution is 0.966. The minimum Gasteiger partial charge on any atom is -0.368 e. The summed E-state index contributed by atoms with van der Waals surface area (Å²) >= 11 is 0. The maximum Gasteiger partial charge on any atom is 0.152 e. The Morgan fingerprint density at radius 3 is 2.39 bits per heavy atom. The first-order chi connectivity index (χ1) is 8.85. The molecule has 0 bridgehead atoms. The summed E-state index contributed by atoms with van der Waals surface area (Å²) in [6.07, 6.45) is 5.59. The molecule has 2 rings (SSSR count). The first-order valence-corrected chi connectivity index (χ1v) is 6.49. The molecule has 0 saturated carbocycles. The molecule has 1 N–H and O–H groups in total. The van der Waals surface area contributed by atoms with Gasteiger partial charge in [0.15, 0.2) is 5.82 Å². The van der Waals surface area contributed by atoms with Gasteiger partial charge in [-0.25, -0.2) is 4.98 Å². The van der Waals surface area contributed by atoms with E-state index in [1.165, 1.54) is 5.56 Å². The SMILES string of the molecule is CCCNc1nccnc1-c1ccc(CC)cc1. The van der Waals surface area contributed by atoms with Crippen molar-refractivity contribution in [2.45, 2.75) is 26.7 Å².